The lowest BCUT2D eigenvalue weighted by Crippen LogP contribution is -2.58. The maximum atomic E-state index is 12.0. The number of carboxylic acid groups (broad SMARTS) is 1. The van der Waals surface area contributed by atoms with Crippen LogP contribution in [0.15, 0.2) is 18.2 Å². The fourth-order valence-electron chi connectivity index (χ4n) is 4.85. The molecule has 1 aromatic carbocycles. The van der Waals surface area contributed by atoms with Crippen molar-refractivity contribution in [2.75, 3.05) is 0 Å². The standard InChI is InChI=1S/C20H27BCl2N2O2/c21-8-2-1-7-20(24,19(26)27)14-10-15-4-5-16(11-14)25(15)12-13-3-6-17(22)18(23)9-13/h3,6,9,14-16H,1-2,4-5,7-8,10-12,24H2,(H,26,27)/t14?,15?,16?,20-/m0/s1. The molecule has 0 amide bonds. The summed E-state index contributed by atoms with van der Waals surface area (Å²) in [5.41, 5.74) is 6.44. The number of aliphatic carboxylic acids is 1. The maximum absolute atomic E-state index is 12.0. The topological polar surface area (TPSA) is 66.6 Å². The molecule has 3 N–H and O–H groups in total. The Labute approximate surface area is 172 Å². The zero-order valence-corrected chi connectivity index (χ0v) is 17.1. The highest BCUT2D eigenvalue weighted by atomic mass is 35.5. The third-order valence-electron chi connectivity index (χ3n) is 6.40. The second-order valence-electron chi connectivity index (χ2n) is 8.07. The Hall–Kier alpha value is -0.745. The zero-order valence-electron chi connectivity index (χ0n) is 15.5. The molecule has 1 aromatic rings. The fraction of sp³-hybridized carbons (Fsp3) is 0.650. The van der Waals surface area contributed by atoms with E-state index in [-0.39, 0.29) is 5.92 Å². The van der Waals surface area contributed by atoms with Crippen molar-refractivity contribution < 1.29 is 9.90 Å². The summed E-state index contributed by atoms with van der Waals surface area (Å²) in [4.78, 5) is 14.5. The molecule has 2 bridgehead atoms. The van der Waals surface area contributed by atoms with Crippen LogP contribution >= 0.6 is 23.2 Å². The van der Waals surface area contributed by atoms with E-state index in [1.54, 1.807) is 0 Å². The molecule has 2 heterocycles. The molecule has 0 saturated carbocycles. The van der Waals surface area contributed by atoms with Gasteiger partial charge in [0.05, 0.1) is 17.9 Å². The van der Waals surface area contributed by atoms with Crippen LogP contribution < -0.4 is 5.73 Å². The average Bonchev–Trinajstić information content (AvgIpc) is 2.86. The van der Waals surface area contributed by atoms with Crippen LogP contribution in [0.2, 0.25) is 16.4 Å². The number of nitrogens with two attached hydrogens (primary N) is 1. The first-order chi connectivity index (χ1) is 12.8. The van der Waals surface area contributed by atoms with Gasteiger partial charge in [-0.1, -0.05) is 48.4 Å². The molecular formula is C20H27BCl2N2O2. The molecule has 3 rings (SSSR count). The van der Waals surface area contributed by atoms with E-state index in [2.05, 4.69) is 4.90 Å². The first-order valence-electron chi connectivity index (χ1n) is 9.77. The Morgan fingerprint density at radius 2 is 1.89 bits per heavy atom. The summed E-state index contributed by atoms with van der Waals surface area (Å²) in [5.74, 6) is -0.864. The third kappa shape index (κ3) is 4.47. The van der Waals surface area contributed by atoms with E-state index in [9.17, 15) is 9.90 Å². The molecule has 4 nitrogen and oxygen atoms in total. The summed E-state index contributed by atoms with van der Waals surface area (Å²) in [6, 6.07) is 6.52. The Morgan fingerprint density at radius 1 is 1.22 bits per heavy atom. The number of rotatable bonds is 8. The van der Waals surface area contributed by atoms with Crippen LogP contribution in [-0.4, -0.2) is 41.4 Å². The van der Waals surface area contributed by atoms with E-state index in [4.69, 9.17) is 36.8 Å². The lowest BCUT2D eigenvalue weighted by atomic mass is 9.73. The molecule has 146 valence electrons. The quantitative estimate of drug-likeness (QED) is 0.497. The van der Waals surface area contributed by atoms with Gasteiger partial charge in [0, 0.05) is 18.6 Å². The summed E-state index contributed by atoms with van der Waals surface area (Å²) in [6.07, 6.45) is 6.52. The van der Waals surface area contributed by atoms with E-state index < -0.39 is 11.5 Å². The number of hydrogen-bond donors (Lipinski definition) is 2. The van der Waals surface area contributed by atoms with E-state index >= 15 is 0 Å². The predicted molar refractivity (Wildman–Crippen MR) is 111 cm³/mol. The summed E-state index contributed by atoms with van der Waals surface area (Å²) >= 11 is 12.2. The zero-order chi connectivity index (χ0) is 19.6. The van der Waals surface area contributed by atoms with Crippen LogP contribution in [0, 0.1) is 5.92 Å². The van der Waals surface area contributed by atoms with Crippen LogP contribution in [0.5, 0.6) is 0 Å². The van der Waals surface area contributed by atoms with E-state index in [1.165, 1.54) is 0 Å². The molecule has 2 aliphatic heterocycles. The summed E-state index contributed by atoms with van der Waals surface area (Å²) in [6.45, 7) is 0.816. The van der Waals surface area contributed by atoms with Gasteiger partial charge in [0.2, 0.25) is 0 Å². The van der Waals surface area contributed by atoms with Gasteiger partial charge in [0.15, 0.2) is 0 Å². The SMILES string of the molecule is [B]CCCC[C@@](N)(C(=O)O)C1CC2CCC(C1)N2Cc1ccc(Cl)c(Cl)c1. The van der Waals surface area contributed by atoms with E-state index in [0.29, 0.717) is 34.9 Å². The van der Waals surface area contributed by atoms with Gasteiger partial charge in [-0.2, -0.15) is 0 Å². The van der Waals surface area contributed by atoms with Crippen molar-refractivity contribution in [3.63, 3.8) is 0 Å². The Bertz CT molecular complexity index is 676. The van der Waals surface area contributed by atoms with Gasteiger partial charge < -0.3 is 10.8 Å². The van der Waals surface area contributed by atoms with Crippen molar-refractivity contribution in [2.24, 2.45) is 11.7 Å². The molecule has 2 radical (unpaired) electrons. The third-order valence-corrected chi connectivity index (χ3v) is 7.14. The first kappa shape index (κ1) is 21.0. The molecule has 27 heavy (non-hydrogen) atoms. The summed E-state index contributed by atoms with van der Waals surface area (Å²) < 4.78 is 0. The number of unbranched alkanes of at least 4 members (excludes halogenated alkanes) is 1. The van der Waals surface area contributed by atoms with Gasteiger partial charge in [-0.3, -0.25) is 9.69 Å². The number of nitrogens with zero attached hydrogens (tertiary/aromatic N) is 1. The molecule has 7 heteroatoms. The van der Waals surface area contributed by atoms with Crippen LogP contribution in [-0.2, 0) is 11.3 Å². The van der Waals surface area contributed by atoms with Crippen LogP contribution in [0.25, 0.3) is 0 Å². The number of carbonyl (C=O) groups is 1. The Kier molecular flexibility index (Phi) is 6.78. The fourth-order valence-corrected chi connectivity index (χ4v) is 5.17. The molecular weight excluding hydrogens is 382 g/mol. The number of halogens is 2. The Morgan fingerprint density at radius 3 is 2.44 bits per heavy atom. The molecule has 2 saturated heterocycles. The second-order valence-corrected chi connectivity index (χ2v) is 8.88. The van der Waals surface area contributed by atoms with Gasteiger partial charge in [0.1, 0.15) is 5.54 Å². The molecule has 2 unspecified atom stereocenters. The largest absolute Gasteiger partial charge is 0.480 e. The van der Waals surface area contributed by atoms with E-state index in [0.717, 1.165) is 50.6 Å². The first-order valence-corrected chi connectivity index (χ1v) is 10.5. The maximum Gasteiger partial charge on any atom is 0.323 e. The molecule has 3 atom stereocenters. The van der Waals surface area contributed by atoms with Gasteiger partial charge in [-0.15, -0.1) is 0 Å². The minimum atomic E-state index is -1.15. The number of carboxylic acids is 1. The second kappa shape index (κ2) is 8.73. The smallest absolute Gasteiger partial charge is 0.323 e. The minimum Gasteiger partial charge on any atom is -0.480 e. The van der Waals surface area contributed by atoms with Gasteiger partial charge >= 0.3 is 5.97 Å². The molecule has 2 fully saturated rings. The number of fused-ring (bicyclic) bond motifs is 2. The minimum absolute atomic E-state index is 0.00957. The summed E-state index contributed by atoms with van der Waals surface area (Å²) in [7, 11) is 5.57. The number of benzene rings is 1. The van der Waals surface area contributed by atoms with Crippen molar-refractivity contribution in [3.05, 3.63) is 33.8 Å². The normalized spacial score (nSPS) is 27.4. The van der Waals surface area contributed by atoms with Crippen molar-refractivity contribution in [3.8, 4) is 0 Å². The van der Waals surface area contributed by atoms with Gasteiger partial charge in [0.25, 0.3) is 0 Å². The molecule has 0 aliphatic carbocycles. The number of hydrogen-bond acceptors (Lipinski definition) is 3. The van der Waals surface area contributed by atoms with Crippen LogP contribution in [0.4, 0.5) is 0 Å². The summed E-state index contributed by atoms with van der Waals surface area (Å²) in [5, 5.41) is 11.0. The highest BCUT2D eigenvalue weighted by Gasteiger charge is 2.50. The van der Waals surface area contributed by atoms with E-state index in [1.807, 2.05) is 18.2 Å². The lowest BCUT2D eigenvalue weighted by molar-refractivity contribution is -0.147. The van der Waals surface area contributed by atoms with Crippen LogP contribution in [0.3, 0.4) is 0 Å². The van der Waals surface area contributed by atoms with Crippen molar-refractivity contribution >= 4 is 37.0 Å². The predicted octanol–water partition coefficient (Wildman–Crippen LogP) is 4.28. The molecule has 2 aliphatic rings. The monoisotopic (exact) mass is 408 g/mol. The highest BCUT2D eigenvalue weighted by Crippen LogP contribution is 2.44. The highest BCUT2D eigenvalue weighted by molar-refractivity contribution is 6.42. The lowest BCUT2D eigenvalue weighted by Gasteiger charge is -2.44. The van der Waals surface area contributed by atoms with Crippen molar-refractivity contribution in [2.45, 2.75) is 75.4 Å². The number of piperidine rings is 1. The van der Waals surface area contributed by atoms with Gasteiger partial charge in [-0.25, -0.2) is 0 Å². The average molecular weight is 409 g/mol. The van der Waals surface area contributed by atoms with Gasteiger partial charge in [-0.05, 0) is 55.7 Å². The Balaban J connectivity index is 1.70. The van der Waals surface area contributed by atoms with Crippen molar-refractivity contribution in [1.82, 2.24) is 4.90 Å². The molecule has 0 spiro atoms. The van der Waals surface area contributed by atoms with Crippen LogP contribution in [0.1, 0.15) is 50.5 Å². The van der Waals surface area contributed by atoms with Crippen molar-refractivity contribution in [1.29, 1.82) is 0 Å². The molecule has 0 aromatic heterocycles.